The summed E-state index contributed by atoms with van der Waals surface area (Å²) < 4.78 is 7.45. The van der Waals surface area contributed by atoms with Crippen molar-refractivity contribution in [1.82, 2.24) is 25.4 Å². The van der Waals surface area contributed by atoms with Gasteiger partial charge >= 0.3 is 6.09 Å². The summed E-state index contributed by atoms with van der Waals surface area (Å²) in [5.74, 6) is 3.71. The summed E-state index contributed by atoms with van der Waals surface area (Å²) in [5, 5.41) is 16.4. The van der Waals surface area contributed by atoms with E-state index in [1.807, 2.05) is 35.8 Å². The van der Waals surface area contributed by atoms with Gasteiger partial charge in [-0.25, -0.2) is 4.79 Å². The van der Waals surface area contributed by atoms with Gasteiger partial charge in [-0.1, -0.05) is 51.4 Å². The Morgan fingerprint density at radius 1 is 1.04 bits per heavy atom. The van der Waals surface area contributed by atoms with Crippen LogP contribution >= 0.6 is 22.9 Å². The number of aliphatic imine (C=N–C) groups is 1. The lowest BCUT2D eigenvalue weighted by Crippen LogP contribution is -2.50. The maximum Gasteiger partial charge on any atom is 0.407 e. The fourth-order valence-electron chi connectivity index (χ4n) is 6.94. The number of carbonyl (C=O) groups excluding carboxylic acids is 3. The van der Waals surface area contributed by atoms with E-state index < -0.39 is 20.2 Å². The molecule has 10 nitrogen and oxygen atoms in total. The summed E-state index contributed by atoms with van der Waals surface area (Å²) in [4.78, 5) is 45.3. The first-order valence-electron chi connectivity index (χ1n) is 17.3. The van der Waals surface area contributed by atoms with Gasteiger partial charge in [-0.3, -0.25) is 14.4 Å². The van der Waals surface area contributed by atoms with E-state index >= 15 is 0 Å². The van der Waals surface area contributed by atoms with Gasteiger partial charge in [0.05, 0.1) is 18.7 Å². The third-order valence-corrected chi connectivity index (χ3v) is 17.8. The quantitative estimate of drug-likeness (QED) is 0.0886. The van der Waals surface area contributed by atoms with Crippen molar-refractivity contribution in [3.63, 3.8) is 0 Å². The number of benzene rings is 1. The van der Waals surface area contributed by atoms with Crippen molar-refractivity contribution >= 4 is 54.1 Å². The Morgan fingerprint density at radius 3 is 2.38 bits per heavy atom. The molecule has 0 saturated carbocycles. The number of ether oxygens (including phenoxy) is 1. The van der Waals surface area contributed by atoms with Crippen LogP contribution in [0.3, 0.4) is 0 Å². The molecule has 2 N–H and O–H groups in total. The molecule has 1 aromatic carbocycles. The normalized spacial score (nSPS) is 14.0. The molecule has 0 bridgehead atoms. The predicted octanol–water partition coefficient (Wildman–Crippen LogP) is 7.60. The summed E-state index contributed by atoms with van der Waals surface area (Å²) in [6.45, 7) is 15.3. The van der Waals surface area contributed by atoms with Gasteiger partial charge in [-0.05, 0) is 68.4 Å². The summed E-state index contributed by atoms with van der Waals surface area (Å²) in [6, 6.07) is 7.73. The van der Waals surface area contributed by atoms with E-state index in [0.29, 0.717) is 41.9 Å². The number of carbonyl (C=O) groups is 3. The molecule has 13 heteroatoms. The second kappa shape index (κ2) is 17.4. The van der Waals surface area contributed by atoms with Gasteiger partial charge in [0.25, 0.3) is 0 Å². The van der Waals surface area contributed by atoms with Gasteiger partial charge in [-0.15, -0.1) is 33.9 Å². The van der Waals surface area contributed by atoms with Crippen LogP contribution in [0, 0.1) is 33.1 Å². The Balaban J connectivity index is 1.33. The number of hydrogen-bond donors (Lipinski definition) is 2. The number of aromatic nitrogens is 3. The highest BCUT2D eigenvalue weighted by Crippen LogP contribution is 2.40. The van der Waals surface area contributed by atoms with E-state index in [0.717, 1.165) is 39.3 Å². The molecule has 0 saturated heterocycles. The number of fused-ring (bicyclic) bond motifs is 3. The van der Waals surface area contributed by atoms with Crippen LogP contribution in [0.4, 0.5) is 4.79 Å². The van der Waals surface area contributed by atoms with E-state index in [2.05, 4.69) is 68.3 Å². The van der Waals surface area contributed by atoms with Crippen LogP contribution in [0.2, 0.25) is 22.1 Å². The maximum absolute atomic E-state index is 13.4. The predicted molar refractivity (Wildman–Crippen MR) is 203 cm³/mol. The number of aryl methyl sites for hydroxylation is 2. The number of unbranched alkanes of at least 4 members (excludes halogenated alkanes) is 1. The minimum Gasteiger partial charge on any atom is -0.450 e. The summed E-state index contributed by atoms with van der Waals surface area (Å²) in [7, 11) is -2.30. The monoisotopic (exact) mass is 736 g/mol. The minimum absolute atomic E-state index is 0.0471. The standard InChI is InChI=1S/C37H49ClN6O4SSi/c1-9-10-11-13-32(46)50(23(2)3,24(4)5)21-12-20-48-37(47)40-19-18-39-31(45)22-30-35-43-42-27(8)44(35)36-33(25(6)26(7)49-36)34(41-30)28-14-16-29(38)17-15-28/h1,14-17,23-24,30H,10-13,18-22H2,2-8H3,(H,39,45)(H,40,47)/t30-/m0/s1. The topological polar surface area (TPSA) is 128 Å². The molecule has 50 heavy (non-hydrogen) atoms. The Kier molecular flexibility index (Phi) is 13.6. The first-order chi connectivity index (χ1) is 23.8. The number of amides is 2. The van der Waals surface area contributed by atoms with Crippen molar-refractivity contribution in [2.75, 3.05) is 19.7 Å². The molecule has 3 aromatic rings. The van der Waals surface area contributed by atoms with Gasteiger partial charge in [-0.2, -0.15) is 0 Å². The Labute approximate surface area is 305 Å². The molecule has 4 rings (SSSR count). The highest BCUT2D eigenvalue weighted by Gasteiger charge is 2.45. The molecule has 0 radical (unpaired) electrons. The maximum atomic E-state index is 13.4. The smallest absolute Gasteiger partial charge is 0.407 e. The average molecular weight is 737 g/mol. The van der Waals surface area contributed by atoms with Gasteiger partial charge in [0, 0.05) is 47.0 Å². The summed E-state index contributed by atoms with van der Waals surface area (Å²) >= 11 is 7.86. The van der Waals surface area contributed by atoms with Crippen molar-refractivity contribution in [1.29, 1.82) is 0 Å². The number of nitrogens with zero attached hydrogens (tertiary/aromatic N) is 4. The highest BCUT2D eigenvalue weighted by atomic mass is 35.5. The molecule has 3 heterocycles. The second-order valence-corrected chi connectivity index (χ2v) is 20.5. The van der Waals surface area contributed by atoms with Gasteiger partial charge in [0.1, 0.15) is 30.3 Å². The lowest BCUT2D eigenvalue weighted by molar-refractivity contribution is -0.121. The number of thiophene rings is 1. The van der Waals surface area contributed by atoms with Crippen molar-refractivity contribution in [3.8, 4) is 17.3 Å². The number of halogens is 1. The van der Waals surface area contributed by atoms with Crippen LogP contribution in [0.15, 0.2) is 29.3 Å². The third-order valence-electron chi connectivity index (χ3n) is 9.72. The minimum atomic E-state index is -2.30. The summed E-state index contributed by atoms with van der Waals surface area (Å²) in [6.07, 6.45) is 7.36. The molecule has 2 aromatic heterocycles. The molecule has 1 aliphatic rings. The van der Waals surface area contributed by atoms with Gasteiger partial charge in [0.2, 0.25) is 5.91 Å². The van der Waals surface area contributed by atoms with Gasteiger partial charge in [0.15, 0.2) is 5.82 Å². The van der Waals surface area contributed by atoms with E-state index in [1.165, 1.54) is 4.88 Å². The van der Waals surface area contributed by atoms with Crippen molar-refractivity contribution < 1.29 is 19.1 Å². The lowest BCUT2D eigenvalue weighted by atomic mass is 9.99. The fourth-order valence-corrected chi connectivity index (χ4v) is 13.7. The summed E-state index contributed by atoms with van der Waals surface area (Å²) in [5.41, 5.74) is 4.36. The molecule has 1 atom stereocenters. The Hall–Kier alpha value is -3.79. The molecule has 0 aliphatic carbocycles. The number of alkyl carbamates (subject to hydrolysis) is 1. The zero-order valence-electron chi connectivity index (χ0n) is 30.2. The van der Waals surface area contributed by atoms with Crippen LogP contribution in [0.1, 0.15) is 99.1 Å². The average Bonchev–Trinajstić information content (AvgIpc) is 3.54. The zero-order chi connectivity index (χ0) is 36.6. The molecular weight excluding hydrogens is 688 g/mol. The second-order valence-electron chi connectivity index (χ2n) is 13.5. The first kappa shape index (κ1) is 39.0. The molecule has 2 amide bonds. The largest absolute Gasteiger partial charge is 0.450 e. The Bertz CT molecular complexity index is 1750. The number of nitrogens with one attached hydrogen (secondary N) is 2. The van der Waals surface area contributed by atoms with Gasteiger partial charge < -0.3 is 20.2 Å². The molecule has 268 valence electrons. The SMILES string of the molecule is C#CCCCC(=O)[Si](CCCOC(=O)NCCNC(=O)C[C@@H]1N=C(c2ccc(Cl)cc2)c2c(sc(C)c2C)-n2c(C)nnc21)(C(C)C)C(C)C. The number of rotatable bonds is 16. The van der Waals surface area contributed by atoms with E-state index in [-0.39, 0.29) is 43.1 Å². The number of hydrogen-bond acceptors (Lipinski definition) is 8. The third kappa shape index (κ3) is 8.73. The van der Waals surface area contributed by atoms with E-state index in [4.69, 9.17) is 27.8 Å². The van der Waals surface area contributed by atoms with Crippen molar-refractivity contribution in [2.24, 2.45) is 4.99 Å². The molecular formula is C37H49ClN6O4SSi. The molecule has 0 unspecified atom stereocenters. The van der Waals surface area contributed by atoms with Crippen LogP contribution in [0.5, 0.6) is 0 Å². The Morgan fingerprint density at radius 2 is 1.72 bits per heavy atom. The number of terminal acetylenes is 1. The molecule has 0 fully saturated rings. The first-order valence-corrected chi connectivity index (χ1v) is 20.9. The molecule has 1 aliphatic heterocycles. The van der Waals surface area contributed by atoms with Crippen LogP contribution in [-0.2, 0) is 14.3 Å². The fraction of sp³-hybridized carbons (Fsp3) is 0.514. The lowest BCUT2D eigenvalue weighted by Gasteiger charge is -2.38. The van der Waals surface area contributed by atoms with Crippen LogP contribution in [0.25, 0.3) is 5.00 Å². The molecule has 0 spiro atoms. The van der Waals surface area contributed by atoms with E-state index in [9.17, 15) is 14.4 Å². The van der Waals surface area contributed by atoms with E-state index in [1.54, 1.807) is 11.3 Å². The van der Waals surface area contributed by atoms with Crippen molar-refractivity contribution in [2.45, 2.75) is 104 Å². The van der Waals surface area contributed by atoms with Crippen molar-refractivity contribution in [3.05, 3.63) is 62.5 Å². The highest BCUT2D eigenvalue weighted by molar-refractivity contribution is 7.15. The van der Waals surface area contributed by atoms with Crippen LogP contribution in [-0.4, -0.2) is 65.7 Å². The zero-order valence-corrected chi connectivity index (χ0v) is 32.8. The van der Waals surface area contributed by atoms with Crippen LogP contribution < -0.4 is 10.6 Å².